The highest BCUT2D eigenvalue weighted by Crippen LogP contribution is 2.27. The fraction of sp³-hybridized carbons (Fsp3) is 0.455. The SMILES string of the molecule is CCOc1cc(S(=O)(=O)NCCOC)ccc1Cl. The minimum atomic E-state index is -3.56. The number of nitrogens with one attached hydrogen (secondary N) is 1. The lowest BCUT2D eigenvalue weighted by Crippen LogP contribution is -2.27. The van der Waals surface area contributed by atoms with Crippen LogP contribution in [0.3, 0.4) is 0 Å². The average molecular weight is 294 g/mol. The van der Waals surface area contributed by atoms with E-state index in [1.54, 1.807) is 6.92 Å². The standard InChI is InChI=1S/C11H16ClNO4S/c1-3-17-11-8-9(4-5-10(11)12)18(14,15)13-6-7-16-2/h4-5,8,13H,3,6-7H2,1-2H3. The van der Waals surface area contributed by atoms with Crippen LogP contribution in [0.4, 0.5) is 0 Å². The maximum Gasteiger partial charge on any atom is 0.240 e. The van der Waals surface area contributed by atoms with E-state index in [9.17, 15) is 8.42 Å². The lowest BCUT2D eigenvalue weighted by Gasteiger charge is -2.09. The molecule has 0 bridgehead atoms. The van der Waals surface area contributed by atoms with Crippen molar-refractivity contribution in [1.29, 1.82) is 0 Å². The van der Waals surface area contributed by atoms with Gasteiger partial charge in [-0.2, -0.15) is 0 Å². The molecule has 1 aromatic carbocycles. The summed E-state index contributed by atoms with van der Waals surface area (Å²) in [6, 6.07) is 4.33. The van der Waals surface area contributed by atoms with Crippen molar-refractivity contribution in [2.45, 2.75) is 11.8 Å². The van der Waals surface area contributed by atoms with E-state index in [0.717, 1.165) is 0 Å². The van der Waals surface area contributed by atoms with Gasteiger partial charge in [0, 0.05) is 19.7 Å². The summed E-state index contributed by atoms with van der Waals surface area (Å²) in [6.45, 7) is 2.74. The van der Waals surface area contributed by atoms with Crippen LogP contribution in [0.2, 0.25) is 5.02 Å². The number of methoxy groups -OCH3 is 1. The third-order valence-corrected chi connectivity index (χ3v) is 3.88. The molecule has 0 spiro atoms. The molecule has 1 N–H and O–H groups in total. The zero-order valence-electron chi connectivity index (χ0n) is 10.3. The Morgan fingerprint density at radius 1 is 1.39 bits per heavy atom. The summed E-state index contributed by atoms with van der Waals surface area (Å²) in [5.41, 5.74) is 0. The minimum absolute atomic E-state index is 0.117. The third kappa shape index (κ3) is 4.13. The maximum atomic E-state index is 11.9. The largest absolute Gasteiger partial charge is 0.492 e. The minimum Gasteiger partial charge on any atom is -0.492 e. The van der Waals surface area contributed by atoms with Gasteiger partial charge in [-0.05, 0) is 19.1 Å². The summed E-state index contributed by atoms with van der Waals surface area (Å²) in [7, 11) is -2.05. The van der Waals surface area contributed by atoms with Gasteiger partial charge < -0.3 is 9.47 Å². The average Bonchev–Trinajstić information content (AvgIpc) is 2.32. The lowest BCUT2D eigenvalue weighted by atomic mass is 10.3. The van der Waals surface area contributed by atoms with E-state index in [1.807, 2.05) is 0 Å². The summed E-state index contributed by atoms with van der Waals surface area (Å²) >= 11 is 5.89. The maximum absolute atomic E-state index is 11.9. The Labute approximate surface area is 112 Å². The monoisotopic (exact) mass is 293 g/mol. The molecule has 1 aromatic rings. The Kier molecular flexibility index (Phi) is 5.87. The summed E-state index contributed by atoms with van der Waals surface area (Å²) in [5.74, 6) is 0.355. The van der Waals surface area contributed by atoms with Crippen molar-refractivity contribution in [2.24, 2.45) is 0 Å². The van der Waals surface area contributed by atoms with Crippen LogP contribution in [-0.4, -0.2) is 35.3 Å². The Bertz CT molecular complexity index is 490. The van der Waals surface area contributed by atoms with Gasteiger partial charge in [0.15, 0.2) is 0 Å². The summed E-state index contributed by atoms with van der Waals surface area (Å²) in [6.07, 6.45) is 0. The molecule has 0 atom stereocenters. The second-order valence-electron chi connectivity index (χ2n) is 3.42. The molecule has 18 heavy (non-hydrogen) atoms. The zero-order valence-corrected chi connectivity index (χ0v) is 11.8. The molecule has 1 rings (SSSR count). The van der Waals surface area contributed by atoms with Gasteiger partial charge in [-0.3, -0.25) is 0 Å². The highest BCUT2D eigenvalue weighted by Gasteiger charge is 2.15. The first-order chi connectivity index (χ1) is 8.51. The molecular formula is C11H16ClNO4S. The molecule has 0 heterocycles. The van der Waals surface area contributed by atoms with Gasteiger partial charge in [-0.15, -0.1) is 0 Å². The molecule has 7 heteroatoms. The van der Waals surface area contributed by atoms with Crippen molar-refractivity contribution >= 4 is 21.6 Å². The Balaban J connectivity index is 2.91. The molecule has 0 saturated carbocycles. The van der Waals surface area contributed by atoms with Gasteiger partial charge in [0.2, 0.25) is 10.0 Å². The molecule has 0 radical (unpaired) electrons. The molecule has 0 unspecified atom stereocenters. The molecule has 5 nitrogen and oxygen atoms in total. The zero-order chi connectivity index (χ0) is 13.6. The number of ether oxygens (including phenoxy) is 2. The van der Waals surface area contributed by atoms with E-state index in [0.29, 0.717) is 24.0 Å². The fourth-order valence-electron chi connectivity index (χ4n) is 1.28. The molecule has 0 aliphatic rings. The van der Waals surface area contributed by atoms with Crippen molar-refractivity contribution in [3.63, 3.8) is 0 Å². The fourth-order valence-corrected chi connectivity index (χ4v) is 2.48. The first-order valence-corrected chi connectivity index (χ1v) is 7.28. The molecule has 0 amide bonds. The second kappa shape index (κ2) is 6.94. The van der Waals surface area contributed by atoms with Crippen LogP contribution in [0.1, 0.15) is 6.92 Å². The lowest BCUT2D eigenvalue weighted by molar-refractivity contribution is 0.204. The van der Waals surface area contributed by atoms with Crippen LogP contribution >= 0.6 is 11.6 Å². The van der Waals surface area contributed by atoms with E-state index >= 15 is 0 Å². The van der Waals surface area contributed by atoms with Crippen molar-refractivity contribution < 1.29 is 17.9 Å². The topological polar surface area (TPSA) is 64.6 Å². The van der Waals surface area contributed by atoms with E-state index in [2.05, 4.69) is 4.72 Å². The Morgan fingerprint density at radius 3 is 2.72 bits per heavy atom. The highest BCUT2D eigenvalue weighted by molar-refractivity contribution is 7.89. The molecule has 0 aromatic heterocycles. The summed E-state index contributed by atoms with van der Waals surface area (Å²) in [5, 5.41) is 0.382. The van der Waals surface area contributed by atoms with Crippen molar-refractivity contribution in [3.8, 4) is 5.75 Å². The first kappa shape index (κ1) is 15.2. The predicted octanol–water partition coefficient (Wildman–Crippen LogP) is 1.66. The smallest absolute Gasteiger partial charge is 0.240 e. The number of sulfonamides is 1. The third-order valence-electron chi connectivity index (χ3n) is 2.11. The second-order valence-corrected chi connectivity index (χ2v) is 5.59. The summed E-state index contributed by atoms with van der Waals surface area (Å²) < 4.78 is 36.3. The van der Waals surface area contributed by atoms with Crippen LogP contribution in [0.15, 0.2) is 23.1 Å². The van der Waals surface area contributed by atoms with Gasteiger partial charge in [0.25, 0.3) is 0 Å². The van der Waals surface area contributed by atoms with Gasteiger partial charge in [0.1, 0.15) is 5.75 Å². The van der Waals surface area contributed by atoms with E-state index in [4.69, 9.17) is 21.1 Å². The quantitative estimate of drug-likeness (QED) is 0.777. The molecule has 0 aliphatic carbocycles. The van der Waals surface area contributed by atoms with Gasteiger partial charge in [-0.1, -0.05) is 11.6 Å². The van der Waals surface area contributed by atoms with Gasteiger partial charge in [-0.25, -0.2) is 13.1 Å². The number of hydrogen-bond acceptors (Lipinski definition) is 4. The predicted molar refractivity (Wildman–Crippen MR) is 69.7 cm³/mol. The van der Waals surface area contributed by atoms with Crippen molar-refractivity contribution in [1.82, 2.24) is 4.72 Å². The van der Waals surface area contributed by atoms with E-state index < -0.39 is 10.0 Å². The van der Waals surface area contributed by atoms with Crippen molar-refractivity contribution in [3.05, 3.63) is 23.2 Å². The molecular weight excluding hydrogens is 278 g/mol. The molecule has 0 saturated heterocycles. The van der Waals surface area contributed by atoms with E-state index in [1.165, 1.54) is 25.3 Å². The van der Waals surface area contributed by atoms with Crippen LogP contribution in [0.5, 0.6) is 5.75 Å². The van der Waals surface area contributed by atoms with Crippen LogP contribution in [0.25, 0.3) is 0 Å². The highest BCUT2D eigenvalue weighted by atomic mass is 35.5. The van der Waals surface area contributed by atoms with Crippen molar-refractivity contribution in [2.75, 3.05) is 26.9 Å². The number of rotatable bonds is 7. The Hall–Kier alpha value is -0.820. The number of halogens is 1. The molecule has 102 valence electrons. The number of benzene rings is 1. The van der Waals surface area contributed by atoms with E-state index in [-0.39, 0.29) is 11.4 Å². The van der Waals surface area contributed by atoms with Crippen LogP contribution in [0, 0.1) is 0 Å². The first-order valence-electron chi connectivity index (χ1n) is 5.42. The van der Waals surface area contributed by atoms with Gasteiger partial charge >= 0.3 is 0 Å². The molecule has 0 fully saturated rings. The van der Waals surface area contributed by atoms with Crippen LogP contribution in [-0.2, 0) is 14.8 Å². The van der Waals surface area contributed by atoms with Gasteiger partial charge in [0.05, 0.1) is 23.1 Å². The Morgan fingerprint density at radius 2 is 2.11 bits per heavy atom. The molecule has 0 aliphatic heterocycles. The number of hydrogen-bond donors (Lipinski definition) is 1. The summed E-state index contributed by atoms with van der Waals surface area (Å²) in [4.78, 5) is 0.117. The normalized spacial score (nSPS) is 11.5. The van der Waals surface area contributed by atoms with Crippen LogP contribution < -0.4 is 9.46 Å².